The lowest BCUT2D eigenvalue weighted by Gasteiger charge is -2.31. The van der Waals surface area contributed by atoms with Crippen LogP contribution in [0.3, 0.4) is 0 Å². The molecule has 7 heterocycles. The van der Waals surface area contributed by atoms with E-state index in [1.165, 1.54) is 28.7 Å². The topological polar surface area (TPSA) is 319 Å². The van der Waals surface area contributed by atoms with Gasteiger partial charge in [0.15, 0.2) is 40.6 Å². The predicted molar refractivity (Wildman–Crippen MR) is 169 cm³/mol. The van der Waals surface area contributed by atoms with Gasteiger partial charge in [-0.25, -0.2) is 29.1 Å². The van der Waals surface area contributed by atoms with Crippen LogP contribution in [0.25, 0.3) is 22.3 Å². The van der Waals surface area contributed by atoms with Crippen molar-refractivity contribution in [2.45, 2.75) is 93.9 Å². The fourth-order valence-electron chi connectivity index (χ4n) is 6.93. The van der Waals surface area contributed by atoms with E-state index >= 15 is 0 Å². The number of hydrogen-bond donors (Lipinski definition) is 6. The first-order chi connectivity index (χ1) is 24.1. The molecule has 3 saturated heterocycles. The number of anilines is 2. The SMILES string of the molecule is COP1(=O)O[C@@H](C)C2OC(n3c(C(C)C)nc4c(N)ncnc43)[C@H](O)[C@@H]2OP(=O)(O)OC2C[C@@]23O[C@@H](n2cnc4c(=O)[nH]c(N)nc42)[C@H](O)[C@@H]3O1. The highest BCUT2D eigenvalue weighted by atomic mass is 31.2. The summed E-state index contributed by atoms with van der Waals surface area (Å²) in [5.74, 6) is -0.0241. The number of nitrogens with one attached hydrogen (secondary N) is 1. The average Bonchev–Trinajstić information content (AvgIpc) is 3.40. The summed E-state index contributed by atoms with van der Waals surface area (Å²) in [4.78, 5) is 46.8. The van der Waals surface area contributed by atoms with Gasteiger partial charge in [0.2, 0.25) is 5.95 Å². The van der Waals surface area contributed by atoms with E-state index in [4.69, 9.17) is 43.6 Å². The Morgan fingerprint density at radius 1 is 1.02 bits per heavy atom. The molecule has 51 heavy (non-hydrogen) atoms. The molecule has 4 aromatic rings. The van der Waals surface area contributed by atoms with Crippen molar-refractivity contribution in [3.8, 4) is 0 Å². The largest absolute Gasteiger partial charge is 0.475 e. The monoisotopic (exact) mass is 756 g/mol. The zero-order chi connectivity index (χ0) is 36.4. The average molecular weight is 757 g/mol. The van der Waals surface area contributed by atoms with Crippen LogP contribution in [0.2, 0.25) is 0 Å². The number of hydrogen-bond acceptors (Lipinski definition) is 19. The molecule has 23 nitrogen and oxygen atoms in total. The Morgan fingerprint density at radius 2 is 1.78 bits per heavy atom. The first-order valence-corrected chi connectivity index (χ1v) is 18.6. The summed E-state index contributed by atoms with van der Waals surface area (Å²) < 4.78 is 71.1. The fourth-order valence-corrected chi connectivity index (χ4v) is 9.43. The zero-order valence-corrected chi connectivity index (χ0v) is 29.0. The first kappa shape index (κ1) is 34.6. The van der Waals surface area contributed by atoms with Crippen LogP contribution in [0.15, 0.2) is 17.4 Å². The number of nitrogen functional groups attached to an aromatic ring is 2. The number of phosphoric acid groups is 2. The molecule has 1 aliphatic carbocycles. The molecule has 25 heteroatoms. The van der Waals surface area contributed by atoms with Gasteiger partial charge in [-0.15, -0.1) is 0 Å². The van der Waals surface area contributed by atoms with Gasteiger partial charge in [-0.2, -0.15) is 4.98 Å². The van der Waals surface area contributed by atoms with E-state index in [1.54, 1.807) is 0 Å². The number of nitrogens with zero attached hydrogens (tertiary/aromatic N) is 7. The van der Waals surface area contributed by atoms with E-state index in [0.29, 0.717) is 5.82 Å². The van der Waals surface area contributed by atoms with Crippen LogP contribution in [0.4, 0.5) is 11.8 Å². The maximum Gasteiger partial charge on any atom is 0.475 e. The van der Waals surface area contributed by atoms with Crippen molar-refractivity contribution in [2.75, 3.05) is 18.6 Å². The highest BCUT2D eigenvalue weighted by molar-refractivity contribution is 7.48. The number of ether oxygens (including phenoxy) is 2. The minimum atomic E-state index is -5.10. The molecule has 3 aliphatic heterocycles. The van der Waals surface area contributed by atoms with Gasteiger partial charge < -0.3 is 36.0 Å². The molecule has 4 aliphatic rings. The lowest BCUT2D eigenvalue weighted by Crippen LogP contribution is -2.42. The van der Waals surface area contributed by atoms with E-state index in [2.05, 4.69) is 29.9 Å². The van der Waals surface area contributed by atoms with Gasteiger partial charge in [0, 0.05) is 19.4 Å². The van der Waals surface area contributed by atoms with Crippen molar-refractivity contribution in [1.82, 2.24) is 39.0 Å². The molecule has 0 amide bonds. The third-order valence-corrected chi connectivity index (χ3v) is 11.9. The molecule has 12 atom stereocenters. The summed E-state index contributed by atoms with van der Waals surface area (Å²) in [6.45, 7) is 5.06. The van der Waals surface area contributed by atoms with Crippen LogP contribution in [-0.2, 0) is 41.2 Å². The van der Waals surface area contributed by atoms with Crippen LogP contribution in [0.5, 0.6) is 0 Å². The van der Waals surface area contributed by atoms with Crippen molar-refractivity contribution in [1.29, 1.82) is 0 Å². The summed E-state index contributed by atoms with van der Waals surface area (Å²) in [6, 6.07) is 0. The zero-order valence-electron chi connectivity index (χ0n) is 27.2. The number of fused-ring (bicyclic) bond motifs is 3. The van der Waals surface area contributed by atoms with E-state index in [-0.39, 0.29) is 46.4 Å². The molecular formula is C26H34N10O13P2. The van der Waals surface area contributed by atoms with Crippen LogP contribution < -0.4 is 17.0 Å². The van der Waals surface area contributed by atoms with Gasteiger partial charge in [0.25, 0.3) is 5.56 Å². The molecule has 4 fully saturated rings. The number of rotatable bonds is 4. The third-order valence-electron chi connectivity index (χ3n) is 9.33. The molecule has 0 bridgehead atoms. The second-order valence-electron chi connectivity index (χ2n) is 12.9. The lowest BCUT2D eigenvalue weighted by molar-refractivity contribution is -0.0920. The maximum atomic E-state index is 14.2. The van der Waals surface area contributed by atoms with Gasteiger partial charge in [-0.1, -0.05) is 13.8 Å². The highest BCUT2D eigenvalue weighted by Gasteiger charge is 2.74. The Bertz CT molecular complexity index is 2200. The number of nitrogens with two attached hydrogens (primary N) is 2. The Kier molecular flexibility index (Phi) is 8.00. The number of aromatic amines is 1. The normalized spacial score (nSPS) is 39.8. The predicted octanol–water partition coefficient (Wildman–Crippen LogP) is -0.0330. The third kappa shape index (κ3) is 5.42. The van der Waals surface area contributed by atoms with E-state index < -0.39 is 82.0 Å². The van der Waals surface area contributed by atoms with Crippen molar-refractivity contribution >= 4 is 49.7 Å². The molecule has 8 N–H and O–H groups in total. The number of phosphoric ester groups is 2. The van der Waals surface area contributed by atoms with Gasteiger partial charge >= 0.3 is 15.6 Å². The number of aliphatic hydroxyl groups excluding tert-OH is 2. The molecule has 4 aromatic heterocycles. The second kappa shape index (κ2) is 11.8. The molecule has 1 spiro atoms. The van der Waals surface area contributed by atoms with Crippen molar-refractivity contribution in [2.24, 2.45) is 0 Å². The second-order valence-corrected chi connectivity index (χ2v) is 16.0. The molecule has 1 saturated carbocycles. The Morgan fingerprint density at radius 3 is 2.51 bits per heavy atom. The summed E-state index contributed by atoms with van der Waals surface area (Å²) in [5, 5.41) is 23.3. The van der Waals surface area contributed by atoms with Crippen LogP contribution in [-0.4, -0.2) is 110 Å². The van der Waals surface area contributed by atoms with Gasteiger partial charge in [-0.05, 0) is 6.92 Å². The van der Waals surface area contributed by atoms with E-state index in [1.807, 2.05) is 13.8 Å². The summed E-state index contributed by atoms with van der Waals surface area (Å²) >= 11 is 0. The van der Waals surface area contributed by atoms with E-state index in [0.717, 1.165) is 7.11 Å². The maximum absolute atomic E-state index is 14.2. The highest BCUT2D eigenvalue weighted by Crippen LogP contribution is 2.66. The van der Waals surface area contributed by atoms with Gasteiger partial charge in [-0.3, -0.25) is 41.5 Å². The first-order valence-electron chi connectivity index (χ1n) is 15.7. The molecule has 5 unspecified atom stereocenters. The molecular weight excluding hydrogens is 722 g/mol. The number of aromatic nitrogens is 8. The Balaban J connectivity index is 1.16. The van der Waals surface area contributed by atoms with E-state index in [9.17, 15) is 29.0 Å². The van der Waals surface area contributed by atoms with Crippen molar-refractivity contribution in [3.05, 3.63) is 28.8 Å². The lowest BCUT2D eigenvalue weighted by atomic mass is 10.1. The Labute approximate surface area is 286 Å². The number of imidazole rings is 2. The molecule has 8 rings (SSSR count). The quantitative estimate of drug-likeness (QED) is 0.149. The molecule has 0 aromatic carbocycles. The summed E-state index contributed by atoms with van der Waals surface area (Å²) in [6.07, 6.45) is -11.2. The molecule has 0 radical (unpaired) electrons. The molecule has 276 valence electrons. The summed E-state index contributed by atoms with van der Waals surface area (Å²) in [5.41, 5.74) is 9.68. The van der Waals surface area contributed by atoms with Crippen LogP contribution in [0.1, 0.15) is 51.4 Å². The minimum Gasteiger partial charge on any atom is -0.386 e. The van der Waals surface area contributed by atoms with Crippen LogP contribution in [0, 0.1) is 0 Å². The number of aliphatic hydroxyl groups is 2. The Hall–Kier alpha value is -3.44. The smallest absolute Gasteiger partial charge is 0.386 e. The van der Waals surface area contributed by atoms with Gasteiger partial charge in [0.1, 0.15) is 54.4 Å². The van der Waals surface area contributed by atoms with Crippen molar-refractivity contribution < 1.29 is 56.3 Å². The minimum absolute atomic E-state index is 0.0583. The number of H-pyrrole nitrogens is 1. The standard InChI is InChI=1S/C26H34N10O13P2/c1-8(2)19-32-11-18(27)29-6-30-20(11)36(19)24-13(37)16-15(44-24)9(3)46-51(42,43-4)49-17-14(38)23(45-26(17)5-10(26)47-50(40,41)48-16)35-7-31-12-21(35)33-25(28)34-22(12)39/h6-10,13-17,23-24,37-38H,5H2,1-4H3,(H,40,41)(H2,27,29,30)(H3,28,33,34,39)/t9-,10?,13+,14+,15?,16-,17-,23+,24?,26+,51?/m0/s1. The van der Waals surface area contributed by atoms with Gasteiger partial charge in [0.05, 0.1) is 12.4 Å². The fraction of sp³-hybridized carbons (Fsp3) is 0.615. The van der Waals surface area contributed by atoms with Crippen LogP contribution >= 0.6 is 15.6 Å². The summed E-state index contributed by atoms with van der Waals surface area (Å²) in [7, 11) is -8.71. The van der Waals surface area contributed by atoms with Crippen molar-refractivity contribution in [3.63, 3.8) is 0 Å².